The third kappa shape index (κ3) is 4.63. The number of fused-ring (bicyclic) bond motifs is 8. The molecule has 244 valence electrons. The number of benzene rings is 8. The molecule has 0 saturated carbocycles. The van der Waals surface area contributed by atoms with E-state index in [9.17, 15) is 0 Å². The van der Waals surface area contributed by atoms with E-state index in [4.69, 9.17) is 18.8 Å². The van der Waals surface area contributed by atoms with Crippen LogP contribution in [0.15, 0.2) is 183 Å². The Bertz CT molecular complexity index is 3110. The van der Waals surface area contributed by atoms with Gasteiger partial charge in [-0.05, 0) is 81.2 Å². The Morgan fingerprint density at radius 1 is 0.385 bits per heavy atom. The number of hydrogen-bond acceptors (Lipinski definition) is 5. The van der Waals surface area contributed by atoms with Gasteiger partial charge in [-0.2, -0.15) is 0 Å². The van der Waals surface area contributed by atoms with Gasteiger partial charge in [0.1, 0.15) is 34.0 Å². The standard InChI is InChI=1S/C47H29N3O2/c1-2-10-29(11-3-1)45-48-46(35-18-17-28-9-4-5-12-30(28)23-35)50-47(49-45)37-15-8-16-41-44(37)39-25-33(20-22-40(39)51-41)34-19-21-36-38-24-31-13-6-7-14-32(31)26-43(38)52-42(36)27-34/h1-27,47H,(H,48,49,50). The Morgan fingerprint density at radius 2 is 1.04 bits per heavy atom. The summed E-state index contributed by atoms with van der Waals surface area (Å²) in [5, 5.41) is 12.6. The van der Waals surface area contributed by atoms with Crippen LogP contribution in [0.1, 0.15) is 22.9 Å². The highest BCUT2D eigenvalue weighted by atomic mass is 16.3. The van der Waals surface area contributed by atoms with Gasteiger partial charge in [-0.25, -0.2) is 9.98 Å². The van der Waals surface area contributed by atoms with Crippen molar-refractivity contribution >= 4 is 77.1 Å². The first kappa shape index (κ1) is 28.8. The first-order valence-electron chi connectivity index (χ1n) is 17.5. The highest BCUT2D eigenvalue weighted by molar-refractivity contribution is 6.17. The lowest BCUT2D eigenvalue weighted by Gasteiger charge is -2.23. The van der Waals surface area contributed by atoms with Gasteiger partial charge in [0.25, 0.3) is 0 Å². The zero-order valence-electron chi connectivity index (χ0n) is 27.9. The fourth-order valence-corrected chi connectivity index (χ4v) is 7.71. The van der Waals surface area contributed by atoms with Crippen LogP contribution in [-0.4, -0.2) is 11.7 Å². The molecular formula is C47H29N3O2. The van der Waals surface area contributed by atoms with Crippen LogP contribution in [0.25, 0.3) is 76.5 Å². The number of rotatable bonds is 4. The Labute approximate surface area is 298 Å². The molecule has 0 amide bonds. The van der Waals surface area contributed by atoms with E-state index in [0.29, 0.717) is 0 Å². The van der Waals surface area contributed by atoms with E-state index in [1.807, 2.05) is 30.3 Å². The largest absolute Gasteiger partial charge is 0.456 e. The van der Waals surface area contributed by atoms with Crippen molar-refractivity contribution in [3.05, 3.63) is 180 Å². The minimum Gasteiger partial charge on any atom is -0.456 e. The molecule has 5 heteroatoms. The smallest absolute Gasteiger partial charge is 0.170 e. The molecule has 1 aliphatic rings. The number of furan rings is 2. The van der Waals surface area contributed by atoms with E-state index >= 15 is 0 Å². The van der Waals surface area contributed by atoms with E-state index in [-0.39, 0.29) is 0 Å². The predicted octanol–water partition coefficient (Wildman–Crippen LogP) is 12.0. The van der Waals surface area contributed by atoms with Gasteiger partial charge in [-0.15, -0.1) is 0 Å². The molecule has 2 aromatic heterocycles. The average molecular weight is 668 g/mol. The molecule has 0 radical (unpaired) electrons. The van der Waals surface area contributed by atoms with Gasteiger partial charge >= 0.3 is 0 Å². The number of nitrogens with one attached hydrogen (secondary N) is 1. The Balaban J connectivity index is 1.06. The monoisotopic (exact) mass is 667 g/mol. The summed E-state index contributed by atoms with van der Waals surface area (Å²) in [5.41, 5.74) is 8.55. The third-order valence-corrected chi connectivity index (χ3v) is 10.3. The van der Waals surface area contributed by atoms with Crippen molar-refractivity contribution < 1.29 is 8.83 Å². The van der Waals surface area contributed by atoms with Gasteiger partial charge in [-0.1, -0.05) is 115 Å². The minimum absolute atomic E-state index is 0.492. The minimum atomic E-state index is -0.492. The lowest BCUT2D eigenvalue weighted by molar-refractivity contribution is 0.667. The molecule has 0 bridgehead atoms. The topological polar surface area (TPSA) is 63.0 Å². The molecule has 10 aromatic rings. The molecule has 0 saturated heterocycles. The van der Waals surface area contributed by atoms with Crippen LogP contribution >= 0.6 is 0 Å². The van der Waals surface area contributed by atoms with E-state index < -0.39 is 6.17 Å². The summed E-state index contributed by atoms with van der Waals surface area (Å²) >= 11 is 0. The molecule has 0 fully saturated rings. The molecule has 11 rings (SSSR count). The first-order chi connectivity index (χ1) is 25.7. The normalized spacial score (nSPS) is 14.7. The maximum atomic E-state index is 6.46. The Kier molecular flexibility index (Phi) is 6.25. The van der Waals surface area contributed by atoms with E-state index in [2.05, 4.69) is 139 Å². The fraction of sp³-hybridized carbons (Fsp3) is 0.0213. The summed E-state index contributed by atoms with van der Waals surface area (Å²) in [5.74, 6) is 1.56. The van der Waals surface area contributed by atoms with Crippen LogP contribution in [0, 0.1) is 0 Å². The molecule has 1 unspecified atom stereocenters. The number of aliphatic imine (C=N–C) groups is 2. The highest BCUT2D eigenvalue weighted by Gasteiger charge is 2.24. The molecule has 8 aromatic carbocycles. The fourth-order valence-electron chi connectivity index (χ4n) is 7.71. The molecular weight excluding hydrogens is 639 g/mol. The molecule has 1 aliphatic heterocycles. The molecule has 1 N–H and O–H groups in total. The van der Waals surface area contributed by atoms with Crippen LogP contribution in [0.2, 0.25) is 0 Å². The highest BCUT2D eigenvalue weighted by Crippen LogP contribution is 2.40. The maximum Gasteiger partial charge on any atom is 0.170 e. The first-order valence-corrected chi connectivity index (χ1v) is 17.5. The predicted molar refractivity (Wildman–Crippen MR) is 213 cm³/mol. The zero-order chi connectivity index (χ0) is 34.2. The lowest BCUT2D eigenvalue weighted by Crippen LogP contribution is -2.36. The van der Waals surface area contributed by atoms with Gasteiger partial charge in [0.15, 0.2) is 6.17 Å². The summed E-state index contributed by atoms with van der Waals surface area (Å²) in [6.07, 6.45) is -0.492. The van der Waals surface area contributed by atoms with Crippen molar-refractivity contribution in [2.45, 2.75) is 6.17 Å². The molecule has 0 aliphatic carbocycles. The number of hydrogen-bond donors (Lipinski definition) is 1. The van der Waals surface area contributed by atoms with Crippen LogP contribution in [0.5, 0.6) is 0 Å². The summed E-state index contributed by atoms with van der Waals surface area (Å²) in [6.45, 7) is 0. The Morgan fingerprint density at radius 3 is 1.88 bits per heavy atom. The second kappa shape index (κ2) is 11.3. The van der Waals surface area contributed by atoms with Gasteiger partial charge in [0, 0.05) is 38.2 Å². The quantitative estimate of drug-likeness (QED) is 0.203. The second-order valence-electron chi connectivity index (χ2n) is 13.4. The summed E-state index contributed by atoms with van der Waals surface area (Å²) in [7, 11) is 0. The van der Waals surface area contributed by atoms with Crippen molar-refractivity contribution in [1.29, 1.82) is 0 Å². The van der Waals surface area contributed by atoms with Gasteiger partial charge in [-0.3, -0.25) is 0 Å². The van der Waals surface area contributed by atoms with Crippen LogP contribution < -0.4 is 5.32 Å². The van der Waals surface area contributed by atoms with Crippen LogP contribution in [0.3, 0.4) is 0 Å². The molecule has 1 atom stereocenters. The van der Waals surface area contributed by atoms with Crippen molar-refractivity contribution in [1.82, 2.24) is 5.32 Å². The van der Waals surface area contributed by atoms with Gasteiger partial charge in [0.05, 0.1) is 0 Å². The van der Waals surface area contributed by atoms with E-state index in [1.165, 1.54) is 16.2 Å². The van der Waals surface area contributed by atoms with Crippen LogP contribution in [-0.2, 0) is 0 Å². The lowest BCUT2D eigenvalue weighted by atomic mass is 9.98. The molecule has 5 nitrogen and oxygen atoms in total. The van der Waals surface area contributed by atoms with Gasteiger partial charge in [0.2, 0.25) is 0 Å². The SMILES string of the molecule is c1ccc(C2=NC(c3cccc4oc5ccc(-c6ccc7c(c6)oc6cc8ccccc8cc67)cc5c34)N=C(c3ccc4ccccc4c3)N2)cc1. The molecule has 3 heterocycles. The number of nitrogens with zero attached hydrogens (tertiary/aromatic N) is 2. The van der Waals surface area contributed by atoms with Crippen molar-refractivity contribution in [3.63, 3.8) is 0 Å². The van der Waals surface area contributed by atoms with Crippen molar-refractivity contribution in [2.24, 2.45) is 9.98 Å². The van der Waals surface area contributed by atoms with Crippen molar-refractivity contribution in [2.75, 3.05) is 0 Å². The van der Waals surface area contributed by atoms with Crippen LogP contribution in [0.4, 0.5) is 0 Å². The molecule has 0 spiro atoms. The average Bonchev–Trinajstić information content (AvgIpc) is 3.77. The van der Waals surface area contributed by atoms with E-state index in [1.54, 1.807) is 0 Å². The van der Waals surface area contributed by atoms with Gasteiger partial charge < -0.3 is 14.2 Å². The molecule has 52 heavy (non-hydrogen) atoms. The Hall–Kier alpha value is -6.98. The van der Waals surface area contributed by atoms with Crippen molar-refractivity contribution in [3.8, 4) is 11.1 Å². The second-order valence-corrected chi connectivity index (χ2v) is 13.4. The summed E-state index contributed by atoms with van der Waals surface area (Å²) in [4.78, 5) is 10.5. The summed E-state index contributed by atoms with van der Waals surface area (Å²) < 4.78 is 12.9. The third-order valence-electron chi connectivity index (χ3n) is 10.3. The number of amidine groups is 2. The zero-order valence-corrected chi connectivity index (χ0v) is 27.9. The van der Waals surface area contributed by atoms with E-state index in [0.717, 1.165) is 88.8 Å². The summed E-state index contributed by atoms with van der Waals surface area (Å²) in [6, 6.07) is 57.0. The maximum absolute atomic E-state index is 6.46.